The van der Waals surface area contributed by atoms with Gasteiger partial charge in [0.2, 0.25) is 15.8 Å². The number of sulfonamides is 1. The number of hydrogen-bond acceptors (Lipinski definition) is 8. The van der Waals surface area contributed by atoms with Crippen LogP contribution in [-0.2, 0) is 10.0 Å². The molecule has 0 N–H and O–H groups in total. The molecule has 3 heterocycles. The van der Waals surface area contributed by atoms with Crippen molar-refractivity contribution in [2.45, 2.75) is 36.7 Å². The summed E-state index contributed by atoms with van der Waals surface area (Å²) in [5, 5.41) is 4.92. The molecule has 12 heteroatoms. The number of halogens is 1. The molecule has 6 rings (SSSR count). The average Bonchev–Trinajstić information content (AvgIpc) is 3.47. The minimum atomic E-state index is -3.74. The SMILES string of the molecule is O=c1c(OC2CCCC2)c(N2CCN(S(=O)(=O)c3ccc4c(c3)OCCO4)CC2)cnn1-c1cccc(Cl)c1. The van der Waals surface area contributed by atoms with Crippen molar-refractivity contribution in [1.82, 2.24) is 14.1 Å². The number of ether oxygens (including phenoxy) is 3. The number of piperazine rings is 1. The molecule has 1 saturated heterocycles. The fourth-order valence-corrected chi connectivity index (χ4v) is 6.86. The lowest BCUT2D eigenvalue weighted by atomic mass is 10.2. The predicted octanol–water partition coefficient (Wildman–Crippen LogP) is 3.49. The summed E-state index contributed by atoms with van der Waals surface area (Å²) >= 11 is 6.16. The standard InChI is InChI=1S/C27H29ClN4O6S/c28-19-4-3-5-20(16-19)32-27(33)26(38-21-6-1-2-7-21)23(18-29-32)30-10-12-31(13-11-30)39(34,35)22-8-9-24-25(17-22)37-15-14-36-24/h3-5,8-9,16-18,21H,1-2,6-7,10-15H2. The Hall–Kier alpha value is -3.28. The highest BCUT2D eigenvalue weighted by molar-refractivity contribution is 7.89. The third-order valence-corrected chi connectivity index (χ3v) is 9.41. The fraction of sp³-hybridized carbons (Fsp3) is 0.407. The molecule has 1 saturated carbocycles. The topological polar surface area (TPSA) is 103 Å². The highest BCUT2D eigenvalue weighted by Gasteiger charge is 2.32. The molecular weight excluding hydrogens is 544 g/mol. The number of rotatable bonds is 6. The molecular formula is C27H29ClN4O6S. The first-order valence-corrected chi connectivity index (χ1v) is 14.9. The van der Waals surface area contributed by atoms with Crippen LogP contribution >= 0.6 is 11.6 Å². The first kappa shape index (κ1) is 26.0. The van der Waals surface area contributed by atoms with Gasteiger partial charge in [-0.3, -0.25) is 4.79 Å². The van der Waals surface area contributed by atoms with Crippen molar-refractivity contribution in [3.05, 3.63) is 64.0 Å². The van der Waals surface area contributed by atoms with Crippen molar-refractivity contribution < 1.29 is 22.6 Å². The van der Waals surface area contributed by atoms with E-state index in [0.29, 0.717) is 54.2 Å². The van der Waals surface area contributed by atoms with Gasteiger partial charge in [0.15, 0.2) is 11.5 Å². The first-order chi connectivity index (χ1) is 18.9. The van der Waals surface area contributed by atoms with Crippen LogP contribution in [0.25, 0.3) is 5.69 Å². The normalized spacial score (nSPS) is 18.3. The second-order valence-corrected chi connectivity index (χ2v) is 12.2. The largest absolute Gasteiger partial charge is 0.486 e. The van der Waals surface area contributed by atoms with Crippen LogP contribution in [0.3, 0.4) is 0 Å². The smallest absolute Gasteiger partial charge is 0.316 e. The number of fused-ring (bicyclic) bond motifs is 1. The van der Waals surface area contributed by atoms with E-state index < -0.39 is 10.0 Å². The Morgan fingerprint density at radius 2 is 1.69 bits per heavy atom. The molecule has 0 spiro atoms. The maximum absolute atomic E-state index is 13.6. The van der Waals surface area contributed by atoms with E-state index in [-0.39, 0.29) is 35.4 Å². The van der Waals surface area contributed by atoms with E-state index in [9.17, 15) is 13.2 Å². The van der Waals surface area contributed by atoms with E-state index in [0.717, 1.165) is 25.7 Å². The second-order valence-electron chi connectivity index (χ2n) is 9.78. The lowest BCUT2D eigenvalue weighted by Gasteiger charge is -2.36. The van der Waals surface area contributed by atoms with Crippen LogP contribution in [0, 0.1) is 0 Å². The van der Waals surface area contributed by atoms with Crippen LogP contribution in [0.4, 0.5) is 5.69 Å². The molecule has 2 aromatic carbocycles. The van der Waals surface area contributed by atoms with Gasteiger partial charge in [-0.05, 0) is 56.0 Å². The van der Waals surface area contributed by atoms with Crippen LogP contribution in [0.2, 0.25) is 5.02 Å². The van der Waals surface area contributed by atoms with Crippen LogP contribution in [0.5, 0.6) is 17.2 Å². The molecule has 3 aromatic rings. The highest BCUT2D eigenvalue weighted by atomic mass is 35.5. The Bertz CT molecular complexity index is 1530. The molecule has 2 aliphatic heterocycles. The molecule has 3 aliphatic rings. The van der Waals surface area contributed by atoms with Crippen molar-refractivity contribution in [2.75, 3.05) is 44.3 Å². The molecule has 206 valence electrons. The number of anilines is 1. The predicted molar refractivity (Wildman–Crippen MR) is 146 cm³/mol. The Morgan fingerprint density at radius 3 is 2.44 bits per heavy atom. The summed E-state index contributed by atoms with van der Waals surface area (Å²) in [5.74, 6) is 1.21. The molecule has 0 unspecified atom stereocenters. The van der Waals surface area contributed by atoms with Crippen molar-refractivity contribution in [2.24, 2.45) is 0 Å². The molecule has 0 radical (unpaired) electrons. The minimum absolute atomic E-state index is 0.0384. The molecule has 1 aliphatic carbocycles. The number of benzene rings is 2. The van der Waals surface area contributed by atoms with Crippen molar-refractivity contribution in [1.29, 1.82) is 0 Å². The van der Waals surface area contributed by atoms with E-state index in [1.54, 1.807) is 42.6 Å². The van der Waals surface area contributed by atoms with Gasteiger partial charge in [0.05, 0.1) is 22.9 Å². The maximum Gasteiger partial charge on any atom is 0.316 e. The van der Waals surface area contributed by atoms with Gasteiger partial charge >= 0.3 is 5.56 Å². The van der Waals surface area contributed by atoms with Crippen LogP contribution in [0.15, 0.2) is 58.4 Å². The summed E-state index contributed by atoms with van der Waals surface area (Å²) in [5.41, 5.74) is 0.750. The Kier molecular flexibility index (Phi) is 7.13. The van der Waals surface area contributed by atoms with Crippen LogP contribution in [0.1, 0.15) is 25.7 Å². The zero-order valence-corrected chi connectivity index (χ0v) is 22.9. The van der Waals surface area contributed by atoms with E-state index in [1.807, 2.05) is 4.90 Å². The van der Waals surface area contributed by atoms with Gasteiger partial charge < -0.3 is 19.1 Å². The van der Waals surface area contributed by atoms with Gasteiger partial charge in [0.1, 0.15) is 18.9 Å². The third kappa shape index (κ3) is 5.18. The van der Waals surface area contributed by atoms with Crippen molar-refractivity contribution >= 4 is 27.3 Å². The summed E-state index contributed by atoms with van der Waals surface area (Å²) in [6.07, 6.45) is 5.48. The van der Waals surface area contributed by atoms with Gasteiger partial charge in [-0.15, -0.1) is 0 Å². The van der Waals surface area contributed by atoms with Crippen LogP contribution in [-0.4, -0.2) is 68.0 Å². The lowest BCUT2D eigenvalue weighted by molar-refractivity contribution is 0.171. The monoisotopic (exact) mass is 572 g/mol. The van der Waals surface area contributed by atoms with Gasteiger partial charge in [0.25, 0.3) is 0 Å². The van der Waals surface area contributed by atoms with Gasteiger partial charge in [-0.1, -0.05) is 17.7 Å². The zero-order chi connectivity index (χ0) is 27.0. The molecule has 39 heavy (non-hydrogen) atoms. The zero-order valence-electron chi connectivity index (χ0n) is 21.3. The highest BCUT2D eigenvalue weighted by Crippen LogP contribution is 2.34. The summed E-state index contributed by atoms with van der Waals surface area (Å²) in [6.45, 7) is 2.07. The van der Waals surface area contributed by atoms with Gasteiger partial charge in [-0.2, -0.15) is 14.1 Å². The minimum Gasteiger partial charge on any atom is -0.486 e. The quantitative estimate of drug-likeness (QED) is 0.442. The molecule has 2 fully saturated rings. The van der Waals surface area contributed by atoms with E-state index >= 15 is 0 Å². The van der Waals surface area contributed by atoms with Crippen molar-refractivity contribution in [3.63, 3.8) is 0 Å². The van der Waals surface area contributed by atoms with E-state index in [1.165, 1.54) is 15.1 Å². The van der Waals surface area contributed by atoms with Gasteiger partial charge in [-0.25, -0.2) is 8.42 Å². The summed E-state index contributed by atoms with van der Waals surface area (Å²) < 4.78 is 46.9. The van der Waals surface area contributed by atoms with E-state index in [2.05, 4.69) is 5.10 Å². The molecule has 0 atom stereocenters. The number of nitrogens with zero attached hydrogens (tertiary/aromatic N) is 4. The summed E-state index contributed by atoms with van der Waals surface area (Å²) in [6, 6.07) is 11.6. The first-order valence-electron chi connectivity index (χ1n) is 13.1. The molecule has 1 aromatic heterocycles. The maximum atomic E-state index is 13.6. The third-order valence-electron chi connectivity index (χ3n) is 7.28. The summed E-state index contributed by atoms with van der Waals surface area (Å²) in [7, 11) is -3.74. The van der Waals surface area contributed by atoms with Gasteiger partial charge in [0, 0.05) is 37.3 Å². The molecule has 0 amide bonds. The summed E-state index contributed by atoms with van der Waals surface area (Å²) in [4.78, 5) is 15.8. The second kappa shape index (κ2) is 10.7. The lowest BCUT2D eigenvalue weighted by Crippen LogP contribution is -2.49. The average molecular weight is 573 g/mol. The number of hydrogen-bond donors (Lipinski definition) is 0. The Balaban J connectivity index is 1.25. The molecule has 10 nitrogen and oxygen atoms in total. The Morgan fingerprint density at radius 1 is 0.949 bits per heavy atom. The van der Waals surface area contributed by atoms with E-state index in [4.69, 9.17) is 25.8 Å². The molecule has 0 bridgehead atoms. The Labute approximate surface area is 231 Å². The number of aromatic nitrogens is 2. The van der Waals surface area contributed by atoms with Crippen LogP contribution < -0.4 is 24.7 Å². The fourth-order valence-electron chi connectivity index (χ4n) is 5.23. The van der Waals surface area contributed by atoms with Crippen molar-refractivity contribution in [3.8, 4) is 22.9 Å².